The van der Waals surface area contributed by atoms with Crippen LogP contribution in [0, 0.1) is 17.1 Å². The quantitative estimate of drug-likeness (QED) is 0.207. The number of pyridine rings is 1. The van der Waals surface area contributed by atoms with E-state index in [0.717, 1.165) is 6.33 Å². The van der Waals surface area contributed by atoms with Gasteiger partial charge in [-0.25, -0.2) is 14.1 Å². The maximum atomic E-state index is 15.3. The molecule has 5 rings (SSSR count). The molecule has 0 N–H and O–H groups in total. The molecule has 11 nitrogen and oxygen atoms in total. The number of alkyl halides is 4. The number of ether oxygens (including phenoxy) is 1. The van der Waals surface area contributed by atoms with Gasteiger partial charge in [-0.2, -0.15) is 37.7 Å². The molecule has 0 amide bonds. The van der Waals surface area contributed by atoms with E-state index >= 15 is 4.39 Å². The van der Waals surface area contributed by atoms with Gasteiger partial charge in [-0.05, 0) is 24.6 Å². The predicted octanol–water partition coefficient (Wildman–Crippen LogP) is 5.06. The lowest BCUT2D eigenvalue weighted by atomic mass is 10.0. The summed E-state index contributed by atoms with van der Waals surface area (Å²) in [4.78, 5) is 8.25. The summed E-state index contributed by atoms with van der Waals surface area (Å²) >= 11 is 6.04. The molecule has 0 bridgehead atoms. The van der Waals surface area contributed by atoms with Gasteiger partial charge in [-0.3, -0.25) is 9.67 Å². The van der Waals surface area contributed by atoms with E-state index in [9.17, 15) is 17.6 Å². The van der Waals surface area contributed by atoms with Gasteiger partial charge in [0, 0.05) is 23.5 Å². The molecular formula is C24H16ClF5N10O. The summed E-state index contributed by atoms with van der Waals surface area (Å²) in [7, 11) is 0. The summed E-state index contributed by atoms with van der Waals surface area (Å²) < 4.78 is 74.6. The molecule has 0 saturated heterocycles. The summed E-state index contributed by atoms with van der Waals surface area (Å²) in [5, 5.41) is 24.2. The third kappa shape index (κ3) is 5.76. The van der Waals surface area contributed by atoms with Crippen molar-refractivity contribution in [2.24, 2.45) is 0 Å². The van der Waals surface area contributed by atoms with Crippen molar-refractivity contribution in [3.8, 4) is 34.3 Å². The highest BCUT2D eigenvalue weighted by molar-refractivity contribution is 6.31. The third-order valence-corrected chi connectivity index (χ3v) is 6.21. The lowest BCUT2D eigenvalue weighted by molar-refractivity contribution is -0.130. The van der Waals surface area contributed by atoms with Crippen LogP contribution in [0.15, 0.2) is 55.4 Å². The highest BCUT2D eigenvalue weighted by Gasteiger charge is 2.23. The van der Waals surface area contributed by atoms with E-state index in [1.54, 1.807) is 0 Å². The minimum Gasteiger partial charge on any atom is -0.323 e. The van der Waals surface area contributed by atoms with Crippen LogP contribution in [0.2, 0.25) is 5.02 Å². The number of nitriles is 1. The Morgan fingerprint density at radius 3 is 2.51 bits per heavy atom. The van der Waals surface area contributed by atoms with Gasteiger partial charge in [-0.1, -0.05) is 22.9 Å². The van der Waals surface area contributed by atoms with E-state index in [1.165, 1.54) is 58.4 Å². The van der Waals surface area contributed by atoms with Crippen molar-refractivity contribution in [3.05, 3.63) is 77.6 Å². The Morgan fingerprint density at radius 2 is 1.83 bits per heavy atom. The highest BCUT2D eigenvalue weighted by Crippen LogP contribution is 2.34. The van der Waals surface area contributed by atoms with Crippen LogP contribution in [0.25, 0.3) is 28.2 Å². The fourth-order valence-corrected chi connectivity index (χ4v) is 4.25. The average Bonchev–Trinajstić information content (AvgIpc) is 3.73. The topological polar surface area (TPSA) is 125 Å². The molecule has 5 aromatic rings. The van der Waals surface area contributed by atoms with Crippen molar-refractivity contribution in [1.82, 2.24) is 44.5 Å². The van der Waals surface area contributed by atoms with Gasteiger partial charge in [0.05, 0.1) is 47.0 Å². The normalized spacial score (nSPS) is 12.3. The van der Waals surface area contributed by atoms with Crippen molar-refractivity contribution >= 4 is 11.6 Å². The van der Waals surface area contributed by atoms with Gasteiger partial charge in [0.25, 0.3) is 0 Å². The van der Waals surface area contributed by atoms with E-state index in [1.807, 2.05) is 6.07 Å². The molecule has 0 aliphatic carbocycles. The third-order valence-electron chi connectivity index (χ3n) is 5.92. The summed E-state index contributed by atoms with van der Waals surface area (Å²) in [6.45, 7) is -6.33. The second kappa shape index (κ2) is 11.8. The van der Waals surface area contributed by atoms with E-state index in [0.29, 0.717) is 10.4 Å². The van der Waals surface area contributed by atoms with Crippen LogP contribution in [0.3, 0.4) is 0 Å². The van der Waals surface area contributed by atoms with Crippen LogP contribution in [0.1, 0.15) is 30.4 Å². The molecule has 0 radical (unpaired) electrons. The minimum absolute atomic E-state index is 0.0130. The standard InChI is InChI=1S/C24H16ClF5N10O/c25-16-2-4-19(39-11-15(7-31)36-37-39)20(21(16)26)13-1-3-17(32-8-13)18(5-6-41-24(29)30)38-10-14(9-34-38)22-33-12-35-40(22)23(27)28/h1-4,8-12,18,23-24H,5-6H2. The first-order chi connectivity index (χ1) is 19.8. The van der Waals surface area contributed by atoms with Crippen LogP contribution in [-0.2, 0) is 4.74 Å². The zero-order valence-corrected chi connectivity index (χ0v) is 21.2. The first-order valence-corrected chi connectivity index (χ1v) is 12.0. The van der Waals surface area contributed by atoms with E-state index in [-0.39, 0.29) is 51.9 Å². The van der Waals surface area contributed by atoms with Crippen molar-refractivity contribution in [3.63, 3.8) is 0 Å². The van der Waals surface area contributed by atoms with Crippen LogP contribution in [0.4, 0.5) is 22.0 Å². The van der Waals surface area contributed by atoms with Gasteiger partial charge in [0.1, 0.15) is 12.4 Å². The van der Waals surface area contributed by atoms with Gasteiger partial charge in [-0.15, -0.1) is 5.10 Å². The monoisotopic (exact) mass is 590 g/mol. The molecule has 0 saturated carbocycles. The Hall–Kier alpha value is -4.75. The number of nitrogens with zero attached hydrogens (tertiary/aromatic N) is 10. The van der Waals surface area contributed by atoms with Crippen molar-refractivity contribution < 1.29 is 26.7 Å². The fourth-order valence-electron chi connectivity index (χ4n) is 4.10. The summed E-state index contributed by atoms with van der Waals surface area (Å²) in [5.74, 6) is -0.914. The Kier molecular flexibility index (Phi) is 7.99. The average molecular weight is 591 g/mol. The number of benzene rings is 1. The smallest absolute Gasteiger partial charge is 0.323 e. The lowest BCUT2D eigenvalue weighted by Crippen LogP contribution is -2.16. The van der Waals surface area contributed by atoms with E-state index in [2.05, 4.69) is 35.2 Å². The Labute approximate surface area is 232 Å². The molecular weight excluding hydrogens is 575 g/mol. The lowest BCUT2D eigenvalue weighted by Gasteiger charge is -2.18. The number of rotatable bonds is 10. The molecule has 210 valence electrons. The van der Waals surface area contributed by atoms with Crippen LogP contribution >= 0.6 is 11.6 Å². The number of hydrogen-bond donors (Lipinski definition) is 0. The molecule has 1 unspecified atom stereocenters. The van der Waals surface area contributed by atoms with Crippen LogP contribution < -0.4 is 0 Å². The summed E-state index contributed by atoms with van der Waals surface area (Å²) in [6, 6.07) is 6.94. The number of halogens is 6. The van der Waals surface area contributed by atoms with Gasteiger partial charge in [0.15, 0.2) is 17.3 Å². The fraction of sp³-hybridized carbons (Fsp3) is 0.208. The molecule has 4 heterocycles. The van der Waals surface area contributed by atoms with E-state index in [4.69, 9.17) is 16.9 Å². The molecule has 0 fully saturated rings. The van der Waals surface area contributed by atoms with Crippen molar-refractivity contribution in [1.29, 1.82) is 5.26 Å². The van der Waals surface area contributed by atoms with Gasteiger partial charge < -0.3 is 4.74 Å². The van der Waals surface area contributed by atoms with Gasteiger partial charge in [0.2, 0.25) is 0 Å². The summed E-state index contributed by atoms with van der Waals surface area (Å²) in [6.07, 6.45) is 6.28. The number of hydrogen-bond acceptors (Lipinski definition) is 8. The highest BCUT2D eigenvalue weighted by atomic mass is 35.5. The van der Waals surface area contributed by atoms with Crippen LogP contribution in [0.5, 0.6) is 0 Å². The van der Waals surface area contributed by atoms with Crippen molar-refractivity contribution in [2.75, 3.05) is 6.61 Å². The first-order valence-electron chi connectivity index (χ1n) is 11.7. The Bertz CT molecular complexity index is 1700. The molecule has 4 aromatic heterocycles. The zero-order valence-electron chi connectivity index (χ0n) is 20.5. The first kappa shape index (κ1) is 27.8. The maximum absolute atomic E-state index is 15.3. The molecule has 1 atom stereocenters. The molecule has 1 aromatic carbocycles. The largest absolute Gasteiger partial charge is 0.345 e. The molecule has 0 spiro atoms. The van der Waals surface area contributed by atoms with Crippen LogP contribution in [-0.4, -0.2) is 57.7 Å². The Balaban J connectivity index is 1.51. The SMILES string of the molecule is N#Cc1cn(-c2ccc(Cl)c(F)c2-c2ccc(C(CCOC(F)F)n3cc(-c4ncnn4C(F)F)cn3)nc2)nn1. The van der Waals surface area contributed by atoms with E-state index < -0.39 is 25.0 Å². The second-order valence-electron chi connectivity index (χ2n) is 8.34. The molecule has 0 aliphatic rings. The molecule has 0 aliphatic heterocycles. The molecule has 41 heavy (non-hydrogen) atoms. The zero-order chi connectivity index (χ0) is 29.1. The number of aromatic nitrogens is 9. The summed E-state index contributed by atoms with van der Waals surface area (Å²) in [5.41, 5.74) is 1.08. The predicted molar refractivity (Wildman–Crippen MR) is 131 cm³/mol. The van der Waals surface area contributed by atoms with Crippen molar-refractivity contribution in [2.45, 2.75) is 25.6 Å². The Morgan fingerprint density at radius 1 is 1.00 bits per heavy atom. The van der Waals surface area contributed by atoms with Gasteiger partial charge >= 0.3 is 13.2 Å². The maximum Gasteiger partial charge on any atom is 0.345 e. The second-order valence-corrected chi connectivity index (χ2v) is 8.75. The minimum atomic E-state index is -3.01. The molecule has 17 heteroatoms.